The van der Waals surface area contributed by atoms with Crippen LogP contribution in [0.15, 0.2) is 83.3 Å². The van der Waals surface area contributed by atoms with Crippen LogP contribution >= 0.6 is 0 Å². The number of allylic oxidation sites excluding steroid dienone is 1. The molecule has 5 nitrogen and oxygen atoms in total. The number of ketones is 1. The van der Waals surface area contributed by atoms with Gasteiger partial charge in [-0.25, -0.2) is 0 Å². The van der Waals surface area contributed by atoms with Crippen molar-refractivity contribution in [2.75, 3.05) is 0 Å². The molecule has 0 aliphatic carbocycles. The van der Waals surface area contributed by atoms with Crippen molar-refractivity contribution in [3.05, 3.63) is 106 Å². The van der Waals surface area contributed by atoms with Gasteiger partial charge < -0.3 is 4.42 Å². The fraction of sp³-hybridized carbons (Fsp3) is 0.0417. The monoisotopic (exact) mass is 383 g/mol. The maximum atomic E-state index is 12.5. The first-order chi connectivity index (χ1) is 14.0. The summed E-state index contributed by atoms with van der Waals surface area (Å²) in [5.41, 5.74) is 1.78. The smallest absolute Gasteiger partial charge is 0.280 e. The van der Waals surface area contributed by atoms with Crippen molar-refractivity contribution in [3.8, 4) is 11.3 Å². The molecule has 0 unspecified atom stereocenters. The van der Waals surface area contributed by atoms with Crippen LogP contribution in [0.4, 0.5) is 5.69 Å². The van der Waals surface area contributed by atoms with Crippen LogP contribution < -0.4 is 0 Å². The predicted molar refractivity (Wildman–Crippen MR) is 113 cm³/mol. The molecule has 0 spiro atoms. The SMILES string of the molecule is Cc1ccc(-c2ccc(/C=C/C(=O)c3ccc4ccccc4c3)o2)c([N+](=O)[O-])c1. The van der Waals surface area contributed by atoms with E-state index in [-0.39, 0.29) is 11.5 Å². The standard InChI is InChI=1S/C24H17NO4/c1-16-6-11-21(22(14-16)25(27)28)24-13-10-20(29-24)9-12-23(26)19-8-7-17-4-2-3-5-18(17)15-19/h2-15H,1H3/b12-9+. The normalized spacial score (nSPS) is 11.2. The lowest BCUT2D eigenvalue weighted by Crippen LogP contribution is -1.93. The Morgan fingerprint density at radius 3 is 2.55 bits per heavy atom. The van der Waals surface area contributed by atoms with Crippen molar-refractivity contribution < 1.29 is 14.1 Å². The minimum atomic E-state index is -0.427. The van der Waals surface area contributed by atoms with Crippen molar-refractivity contribution in [2.45, 2.75) is 6.92 Å². The van der Waals surface area contributed by atoms with Crippen LogP contribution in [-0.2, 0) is 0 Å². The zero-order chi connectivity index (χ0) is 20.4. The second kappa shape index (κ2) is 7.56. The molecular weight excluding hydrogens is 366 g/mol. The second-order valence-corrected chi connectivity index (χ2v) is 6.74. The van der Waals surface area contributed by atoms with Gasteiger partial charge in [0, 0.05) is 11.6 Å². The summed E-state index contributed by atoms with van der Waals surface area (Å²) in [7, 11) is 0. The van der Waals surface area contributed by atoms with Crippen LogP contribution in [0.3, 0.4) is 0 Å². The molecule has 0 atom stereocenters. The quantitative estimate of drug-likeness (QED) is 0.178. The van der Waals surface area contributed by atoms with Crippen LogP contribution in [-0.4, -0.2) is 10.7 Å². The van der Waals surface area contributed by atoms with E-state index in [9.17, 15) is 14.9 Å². The maximum absolute atomic E-state index is 12.5. The molecule has 0 saturated carbocycles. The number of benzene rings is 3. The van der Waals surface area contributed by atoms with E-state index >= 15 is 0 Å². The number of aryl methyl sites for hydroxylation is 1. The van der Waals surface area contributed by atoms with E-state index < -0.39 is 4.92 Å². The lowest BCUT2D eigenvalue weighted by atomic mass is 10.0. The Kier molecular flexibility index (Phi) is 4.79. The topological polar surface area (TPSA) is 73.3 Å². The highest BCUT2D eigenvalue weighted by Crippen LogP contribution is 2.32. The number of nitro benzene ring substituents is 1. The molecule has 5 heteroatoms. The molecule has 0 N–H and O–H groups in total. The van der Waals surface area contributed by atoms with E-state index in [0.29, 0.717) is 22.6 Å². The fourth-order valence-corrected chi connectivity index (χ4v) is 3.18. The van der Waals surface area contributed by atoms with Crippen LogP contribution in [0.2, 0.25) is 0 Å². The first-order valence-corrected chi connectivity index (χ1v) is 9.08. The van der Waals surface area contributed by atoms with Gasteiger partial charge in [-0.3, -0.25) is 14.9 Å². The van der Waals surface area contributed by atoms with Crippen molar-refractivity contribution >= 4 is 28.3 Å². The highest BCUT2D eigenvalue weighted by atomic mass is 16.6. The summed E-state index contributed by atoms with van der Waals surface area (Å²) in [5.74, 6) is 0.688. The van der Waals surface area contributed by atoms with Gasteiger partial charge in [-0.05, 0) is 59.7 Å². The maximum Gasteiger partial charge on any atom is 0.280 e. The van der Waals surface area contributed by atoms with E-state index in [1.54, 1.807) is 43.3 Å². The van der Waals surface area contributed by atoms with Gasteiger partial charge in [-0.2, -0.15) is 0 Å². The average molecular weight is 383 g/mol. The van der Waals surface area contributed by atoms with Crippen LogP contribution in [0.25, 0.3) is 28.2 Å². The third-order valence-corrected chi connectivity index (χ3v) is 4.68. The Bertz CT molecular complexity index is 1270. The Hall–Kier alpha value is -3.99. The molecule has 0 aliphatic rings. The van der Waals surface area contributed by atoms with E-state index in [4.69, 9.17) is 4.42 Å². The van der Waals surface area contributed by atoms with Gasteiger partial charge in [0.05, 0.1) is 10.5 Å². The van der Waals surface area contributed by atoms with Crippen LogP contribution in [0.5, 0.6) is 0 Å². The summed E-state index contributed by atoms with van der Waals surface area (Å²) in [6, 6.07) is 21.7. The summed E-state index contributed by atoms with van der Waals surface area (Å²) in [4.78, 5) is 23.4. The molecule has 0 aliphatic heterocycles. The van der Waals surface area contributed by atoms with Crippen LogP contribution in [0, 0.1) is 17.0 Å². The molecule has 29 heavy (non-hydrogen) atoms. The highest BCUT2D eigenvalue weighted by molar-refractivity contribution is 6.08. The average Bonchev–Trinajstić information content (AvgIpc) is 3.20. The fourth-order valence-electron chi connectivity index (χ4n) is 3.18. The minimum absolute atomic E-state index is 0.0119. The van der Waals surface area contributed by atoms with Crippen molar-refractivity contribution in [1.82, 2.24) is 0 Å². The van der Waals surface area contributed by atoms with Gasteiger partial charge in [0.25, 0.3) is 5.69 Å². The Morgan fingerprint density at radius 2 is 1.76 bits per heavy atom. The molecule has 0 radical (unpaired) electrons. The summed E-state index contributed by atoms with van der Waals surface area (Å²) >= 11 is 0. The zero-order valence-electron chi connectivity index (χ0n) is 15.7. The summed E-state index contributed by atoms with van der Waals surface area (Å²) in [6.45, 7) is 1.80. The molecule has 0 fully saturated rings. The predicted octanol–water partition coefficient (Wildman–Crippen LogP) is 6.21. The molecule has 4 rings (SSSR count). The summed E-state index contributed by atoms with van der Waals surface area (Å²) < 4.78 is 5.71. The molecule has 4 aromatic rings. The Labute approximate surface area is 167 Å². The first-order valence-electron chi connectivity index (χ1n) is 9.08. The van der Waals surface area contributed by atoms with E-state index in [2.05, 4.69) is 0 Å². The number of hydrogen-bond donors (Lipinski definition) is 0. The number of nitro groups is 1. The van der Waals surface area contributed by atoms with Gasteiger partial charge in [-0.1, -0.05) is 42.5 Å². The van der Waals surface area contributed by atoms with Gasteiger partial charge in [0.15, 0.2) is 5.78 Å². The number of nitrogens with zero attached hydrogens (tertiary/aromatic N) is 1. The Morgan fingerprint density at radius 1 is 0.966 bits per heavy atom. The minimum Gasteiger partial charge on any atom is -0.456 e. The molecular formula is C24H17NO4. The number of rotatable bonds is 5. The molecule has 1 heterocycles. The number of fused-ring (bicyclic) bond motifs is 1. The molecule has 1 aromatic heterocycles. The van der Waals surface area contributed by atoms with E-state index in [1.165, 1.54) is 12.1 Å². The molecule has 3 aromatic carbocycles. The molecule has 0 saturated heterocycles. The largest absolute Gasteiger partial charge is 0.456 e. The third-order valence-electron chi connectivity index (χ3n) is 4.68. The zero-order valence-corrected chi connectivity index (χ0v) is 15.7. The van der Waals surface area contributed by atoms with Gasteiger partial charge in [-0.15, -0.1) is 0 Å². The van der Waals surface area contributed by atoms with Gasteiger partial charge >= 0.3 is 0 Å². The number of furan rings is 1. The third kappa shape index (κ3) is 3.84. The number of carbonyl (C=O) groups excluding carboxylic acids is 1. The Balaban J connectivity index is 1.58. The van der Waals surface area contributed by atoms with E-state index in [0.717, 1.165) is 16.3 Å². The second-order valence-electron chi connectivity index (χ2n) is 6.74. The van der Waals surface area contributed by atoms with Crippen molar-refractivity contribution in [2.24, 2.45) is 0 Å². The number of hydrogen-bond acceptors (Lipinski definition) is 4. The van der Waals surface area contributed by atoms with Crippen molar-refractivity contribution in [1.29, 1.82) is 0 Å². The van der Waals surface area contributed by atoms with E-state index in [1.807, 2.05) is 36.4 Å². The number of carbonyl (C=O) groups is 1. The summed E-state index contributed by atoms with van der Waals surface area (Å²) in [6.07, 6.45) is 3.01. The van der Waals surface area contributed by atoms with Gasteiger partial charge in [0.2, 0.25) is 0 Å². The lowest BCUT2D eigenvalue weighted by molar-refractivity contribution is -0.384. The molecule has 142 valence electrons. The van der Waals surface area contributed by atoms with Crippen molar-refractivity contribution in [3.63, 3.8) is 0 Å². The summed E-state index contributed by atoms with van der Waals surface area (Å²) in [5, 5.41) is 13.4. The molecule has 0 bridgehead atoms. The molecule has 0 amide bonds. The first kappa shape index (κ1) is 18.4. The van der Waals surface area contributed by atoms with Gasteiger partial charge in [0.1, 0.15) is 11.5 Å². The van der Waals surface area contributed by atoms with Crippen LogP contribution in [0.1, 0.15) is 21.7 Å². The lowest BCUT2D eigenvalue weighted by Gasteiger charge is -2.01. The highest BCUT2D eigenvalue weighted by Gasteiger charge is 2.18.